The SMILES string of the molecule is COC(=O)CNC(C(=O)NCc1ccc2c(c1)OCO2)c1ccc(Br)cc1. The van der Waals surface area contributed by atoms with Crippen molar-refractivity contribution in [1.82, 2.24) is 10.6 Å². The number of esters is 1. The molecule has 2 aromatic carbocycles. The van der Waals surface area contributed by atoms with Crippen molar-refractivity contribution in [3.05, 3.63) is 58.1 Å². The highest BCUT2D eigenvalue weighted by Gasteiger charge is 2.21. The molecule has 2 N–H and O–H groups in total. The quantitative estimate of drug-likeness (QED) is 0.650. The van der Waals surface area contributed by atoms with Crippen molar-refractivity contribution in [2.24, 2.45) is 0 Å². The first-order valence-electron chi connectivity index (χ1n) is 8.28. The van der Waals surface area contributed by atoms with Gasteiger partial charge in [0.05, 0.1) is 13.7 Å². The maximum atomic E-state index is 12.7. The minimum atomic E-state index is -0.689. The summed E-state index contributed by atoms with van der Waals surface area (Å²) in [6.45, 7) is 0.450. The van der Waals surface area contributed by atoms with Gasteiger partial charge in [-0.2, -0.15) is 0 Å². The fourth-order valence-corrected chi connectivity index (χ4v) is 2.88. The molecule has 0 aromatic heterocycles. The lowest BCUT2D eigenvalue weighted by atomic mass is 10.1. The summed E-state index contributed by atoms with van der Waals surface area (Å²) in [6.07, 6.45) is 0. The molecule has 0 spiro atoms. The molecule has 1 heterocycles. The zero-order chi connectivity index (χ0) is 19.2. The normalized spacial score (nSPS) is 13.1. The summed E-state index contributed by atoms with van der Waals surface area (Å²) in [7, 11) is 1.30. The second kappa shape index (κ2) is 8.88. The maximum absolute atomic E-state index is 12.7. The molecule has 3 rings (SSSR count). The van der Waals surface area contributed by atoms with Gasteiger partial charge in [0.15, 0.2) is 11.5 Å². The number of carbonyl (C=O) groups excluding carboxylic acids is 2. The Morgan fingerprint density at radius 2 is 1.89 bits per heavy atom. The molecule has 1 atom stereocenters. The van der Waals surface area contributed by atoms with Crippen LogP contribution >= 0.6 is 15.9 Å². The van der Waals surface area contributed by atoms with Crippen LogP contribution in [0.2, 0.25) is 0 Å². The number of nitrogens with one attached hydrogen (secondary N) is 2. The number of hydrogen-bond acceptors (Lipinski definition) is 6. The molecule has 7 nitrogen and oxygen atoms in total. The summed E-state index contributed by atoms with van der Waals surface area (Å²) in [5, 5.41) is 5.82. The average molecular weight is 435 g/mol. The first kappa shape index (κ1) is 19.2. The summed E-state index contributed by atoms with van der Waals surface area (Å²) in [5.41, 5.74) is 1.63. The summed E-state index contributed by atoms with van der Waals surface area (Å²) in [4.78, 5) is 24.2. The summed E-state index contributed by atoms with van der Waals surface area (Å²) < 4.78 is 16.2. The number of rotatable bonds is 7. The van der Waals surface area contributed by atoms with Gasteiger partial charge in [0.2, 0.25) is 12.7 Å². The molecule has 0 radical (unpaired) electrons. The number of ether oxygens (including phenoxy) is 3. The van der Waals surface area contributed by atoms with E-state index < -0.39 is 12.0 Å². The predicted molar refractivity (Wildman–Crippen MR) is 101 cm³/mol. The van der Waals surface area contributed by atoms with Crippen LogP contribution in [0.4, 0.5) is 0 Å². The van der Waals surface area contributed by atoms with Gasteiger partial charge < -0.3 is 19.5 Å². The van der Waals surface area contributed by atoms with Crippen LogP contribution in [0.25, 0.3) is 0 Å². The van der Waals surface area contributed by atoms with Crippen LogP contribution in [-0.4, -0.2) is 32.3 Å². The number of carbonyl (C=O) groups is 2. The third kappa shape index (κ3) is 4.99. The fraction of sp³-hybridized carbons (Fsp3) is 0.263. The minimum Gasteiger partial charge on any atom is -0.468 e. The molecule has 1 amide bonds. The lowest BCUT2D eigenvalue weighted by Crippen LogP contribution is -2.39. The van der Waals surface area contributed by atoms with Gasteiger partial charge >= 0.3 is 5.97 Å². The van der Waals surface area contributed by atoms with E-state index in [9.17, 15) is 9.59 Å². The number of methoxy groups -OCH3 is 1. The van der Waals surface area contributed by atoms with E-state index in [2.05, 4.69) is 31.3 Å². The first-order valence-corrected chi connectivity index (χ1v) is 9.08. The summed E-state index contributed by atoms with van der Waals surface area (Å²) >= 11 is 3.37. The van der Waals surface area contributed by atoms with E-state index in [-0.39, 0.29) is 19.2 Å². The van der Waals surface area contributed by atoms with Crippen LogP contribution in [0.15, 0.2) is 46.9 Å². The highest BCUT2D eigenvalue weighted by molar-refractivity contribution is 9.10. The van der Waals surface area contributed by atoms with Gasteiger partial charge in [-0.1, -0.05) is 34.1 Å². The van der Waals surface area contributed by atoms with E-state index in [0.29, 0.717) is 18.0 Å². The van der Waals surface area contributed by atoms with Gasteiger partial charge in [0, 0.05) is 11.0 Å². The molecule has 0 saturated heterocycles. The molecule has 1 unspecified atom stereocenters. The third-order valence-corrected chi connectivity index (χ3v) is 4.58. The molecule has 1 aliphatic rings. The van der Waals surface area contributed by atoms with Crippen LogP contribution in [0.3, 0.4) is 0 Å². The van der Waals surface area contributed by atoms with Crippen molar-refractivity contribution in [3.63, 3.8) is 0 Å². The first-order chi connectivity index (χ1) is 13.1. The van der Waals surface area contributed by atoms with Crippen LogP contribution in [-0.2, 0) is 20.9 Å². The Morgan fingerprint density at radius 3 is 2.63 bits per heavy atom. The van der Waals surface area contributed by atoms with Gasteiger partial charge in [0.1, 0.15) is 6.04 Å². The van der Waals surface area contributed by atoms with Crippen molar-refractivity contribution in [2.45, 2.75) is 12.6 Å². The highest BCUT2D eigenvalue weighted by atomic mass is 79.9. The van der Waals surface area contributed by atoms with Gasteiger partial charge in [-0.15, -0.1) is 0 Å². The molecule has 0 bridgehead atoms. The van der Waals surface area contributed by atoms with Gasteiger partial charge in [-0.05, 0) is 35.4 Å². The van der Waals surface area contributed by atoms with Crippen molar-refractivity contribution in [1.29, 1.82) is 0 Å². The molecule has 0 saturated carbocycles. The van der Waals surface area contributed by atoms with Crippen LogP contribution in [0, 0.1) is 0 Å². The standard InChI is InChI=1S/C19H19BrN2O5/c1-25-17(23)10-21-18(13-3-5-14(20)6-4-13)19(24)22-9-12-2-7-15-16(8-12)27-11-26-15/h2-8,18,21H,9-11H2,1H3,(H,22,24). The number of halogens is 1. The Labute approximate surface area is 165 Å². The smallest absolute Gasteiger partial charge is 0.319 e. The second-order valence-electron chi connectivity index (χ2n) is 5.85. The number of amides is 1. The van der Waals surface area contributed by atoms with Crippen LogP contribution in [0.1, 0.15) is 17.2 Å². The Kier molecular flexibility index (Phi) is 6.31. The average Bonchev–Trinajstić information content (AvgIpc) is 3.15. The van der Waals surface area contributed by atoms with E-state index >= 15 is 0 Å². The molecule has 8 heteroatoms. The van der Waals surface area contributed by atoms with E-state index in [4.69, 9.17) is 9.47 Å². The van der Waals surface area contributed by atoms with E-state index in [1.54, 1.807) is 0 Å². The zero-order valence-corrected chi connectivity index (χ0v) is 16.2. The molecule has 0 aliphatic carbocycles. The van der Waals surface area contributed by atoms with E-state index in [1.165, 1.54) is 7.11 Å². The van der Waals surface area contributed by atoms with Crippen LogP contribution < -0.4 is 20.1 Å². The van der Waals surface area contributed by atoms with E-state index in [0.717, 1.165) is 15.6 Å². The molecule has 27 heavy (non-hydrogen) atoms. The highest BCUT2D eigenvalue weighted by Crippen LogP contribution is 2.32. The zero-order valence-electron chi connectivity index (χ0n) is 14.7. The molecule has 1 aliphatic heterocycles. The molecule has 0 fully saturated rings. The molecule has 142 valence electrons. The van der Waals surface area contributed by atoms with Crippen molar-refractivity contribution in [3.8, 4) is 11.5 Å². The Morgan fingerprint density at radius 1 is 1.15 bits per heavy atom. The minimum absolute atomic E-state index is 0.0747. The molecular formula is C19H19BrN2O5. The monoisotopic (exact) mass is 434 g/mol. The van der Waals surface area contributed by atoms with Crippen molar-refractivity contribution in [2.75, 3.05) is 20.4 Å². The number of benzene rings is 2. The third-order valence-electron chi connectivity index (χ3n) is 4.05. The largest absolute Gasteiger partial charge is 0.468 e. The Bertz CT molecular complexity index is 825. The van der Waals surface area contributed by atoms with E-state index in [1.807, 2.05) is 42.5 Å². The molecule has 2 aromatic rings. The Balaban J connectivity index is 1.68. The van der Waals surface area contributed by atoms with Crippen LogP contribution in [0.5, 0.6) is 11.5 Å². The summed E-state index contributed by atoms with van der Waals surface area (Å²) in [6, 6.07) is 12.1. The lowest BCUT2D eigenvalue weighted by molar-refractivity contribution is -0.139. The summed E-state index contributed by atoms with van der Waals surface area (Å²) in [5.74, 6) is 0.659. The predicted octanol–water partition coefficient (Wildman–Crippen LogP) is 2.30. The number of fused-ring (bicyclic) bond motifs is 1. The van der Waals surface area contributed by atoms with Crippen molar-refractivity contribution < 1.29 is 23.8 Å². The van der Waals surface area contributed by atoms with Gasteiger partial charge in [-0.25, -0.2) is 0 Å². The Hall–Kier alpha value is -2.58. The molecular weight excluding hydrogens is 416 g/mol. The second-order valence-corrected chi connectivity index (χ2v) is 6.76. The topological polar surface area (TPSA) is 85.9 Å². The van der Waals surface area contributed by atoms with Crippen molar-refractivity contribution >= 4 is 27.8 Å². The van der Waals surface area contributed by atoms with Gasteiger partial charge in [0.25, 0.3) is 0 Å². The lowest BCUT2D eigenvalue weighted by Gasteiger charge is -2.18. The fourth-order valence-electron chi connectivity index (χ4n) is 2.62. The van der Waals surface area contributed by atoms with Gasteiger partial charge in [-0.3, -0.25) is 14.9 Å². The number of hydrogen-bond donors (Lipinski definition) is 2. The maximum Gasteiger partial charge on any atom is 0.319 e.